The van der Waals surface area contributed by atoms with Crippen LogP contribution < -0.4 is 5.56 Å². The van der Waals surface area contributed by atoms with Crippen molar-refractivity contribution in [1.82, 2.24) is 10.2 Å². The smallest absolute Gasteiger partial charge is 0.338 e. The van der Waals surface area contributed by atoms with E-state index in [0.717, 1.165) is 6.07 Å². The number of aromatic nitrogens is 2. The molecule has 1 aromatic heterocycles. The summed E-state index contributed by atoms with van der Waals surface area (Å²) in [6.07, 6.45) is 0.246. The lowest BCUT2D eigenvalue weighted by molar-refractivity contribution is 0.0691. The van der Waals surface area contributed by atoms with Crippen LogP contribution in [0.3, 0.4) is 0 Å². The second-order valence-electron chi connectivity index (χ2n) is 4.99. The highest BCUT2D eigenvalue weighted by Crippen LogP contribution is 2.21. The summed E-state index contributed by atoms with van der Waals surface area (Å²) in [5, 5.41) is 16.8. The highest BCUT2D eigenvalue weighted by Gasteiger charge is 2.13. The van der Waals surface area contributed by atoms with Gasteiger partial charge in [0.2, 0.25) is 0 Å². The number of carbonyl (C=O) groups is 1. The lowest BCUT2D eigenvalue weighted by Crippen LogP contribution is -2.11. The number of aromatic amines is 1. The van der Waals surface area contributed by atoms with E-state index in [2.05, 4.69) is 10.2 Å². The molecule has 23 heavy (non-hydrogen) atoms. The van der Waals surface area contributed by atoms with Gasteiger partial charge in [-0.25, -0.2) is 14.3 Å². The van der Waals surface area contributed by atoms with E-state index in [4.69, 9.17) is 16.7 Å². The zero-order chi connectivity index (χ0) is 16.6. The van der Waals surface area contributed by atoms with Gasteiger partial charge in [0.05, 0.1) is 16.6 Å². The molecule has 0 bridgehead atoms. The molecule has 0 saturated heterocycles. The van der Waals surface area contributed by atoms with E-state index in [1.807, 2.05) is 0 Å². The van der Waals surface area contributed by atoms with Crippen LogP contribution in [0.15, 0.2) is 41.2 Å². The summed E-state index contributed by atoms with van der Waals surface area (Å²) in [5.41, 5.74) is 0.342. The van der Waals surface area contributed by atoms with E-state index in [9.17, 15) is 14.0 Å². The monoisotopic (exact) mass is 332 g/mol. The molecule has 0 aliphatic heterocycles. The van der Waals surface area contributed by atoms with Gasteiger partial charge in [-0.05, 0) is 29.8 Å². The molecular formula is C16H10ClFN2O3. The minimum atomic E-state index is -1.34. The van der Waals surface area contributed by atoms with Crippen LogP contribution in [-0.2, 0) is 6.42 Å². The van der Waals surface area contributed by atoms with E-state index >= 15 is 0 Å². The third-order valence-corrected chi connectivity index (χ3v) is 3.70. The van der Waals surface area contributed by atoms with Crippen molar-refractivity contribution in [2.45, 2.75) is 6.42 Å². The molecule has 1 heterocycles. The number of fused-ring (bicyclic) bond motifs is 1. The molecule has 5 nitrogen and oxygen atoms in total. The molecule has 0 radical (unpaired) electrons. The highest BCUT2D eigenvalue weighted by atomic mass is 35.5. The van der Waals surface area contributed by atoms with Gasteiger partial charge < -0.3 is 5.11 Å². The van der Waals surface area contributed by atoms with Crippen LogP contribution in [0, 0.1) is 5.82 Å². The minimum absolute atomic E-state index is 0.246. The molecular weight excluding hydrogens is 323 g/mol. The topological polar surface area (TPSA) is 83.0 Å². The predicted molar refractivity (Wildman–Crippen MR) is 83.5 cm³/mol. The molecule has 7 heteroatoms. The fraction of sp³-hybridized carbons (Fsp3) is 0.0625. The Morgan fingerprint density at radius 1 is 1.22 bits per heavy atom. The number of nitrogens with zero attached hydrogens (tertiary/aromatic N) is 1. The number of nitrogens with one attached hydrogen (secondary N) is 1. The van der Waals surface area contributed by atoms with Gasteiger partial charge in [-0.2, -0.15) is 5.10 Å². The van der Waals surface area contributed by atoms with Crippen LogP contribution >= 0.6 is 11.6 Å². The van der Waals surface area contributed by atoms with Gasteiger partial charge in [-0.15, -0.1) is 0 Å². The molecule has 2 aromatic carbocycles. The first kappa shape index (κ1) is 15.2. The second-order valence-corrected chi connectivity index (χ2v) is 5.42. The van der Waals surface area contributed by atoms with E-state index in [1.165, 1.54) is 18.2 Å². The predicted octanol–water partition coefficient (Wildman–Crippen LogP) is 3.00. The second kappa shape index (κ2) is 5.81. The zero-order valence-electron chi connectivity index (χ0n) is 11.6. The summed E-state index contributed by atoms with van der Waals surface area (Å²) in [7, 11) is 0. The number of rotatable bonds is 3. The minimum Gasteiger partial charge on any atom is -0.478 e. The van der Waals surface area contributed by atoms with Crippen LogP contribution in [0.5, 0.6) is 0 Å². The Morgan fingerprint density at radius 2 is 2.00 bits per heavy atom. The van der Waals surface area contributed by atoms with E-state index < -0.39 is 17.3 Å². The summed E-state index contributed by atoms with van der Waals surface area (Å²) in [5.74, 6) is -2.14. The highest BCUT2D eigenvalue weighted by molar-refractivity contribution is 6.31. The quantitative estimate of drug-likeness (QED) is 0.772. The van der Waals surface area contributed by atoms with Crippen LogP contribution in [0.1, 0.15) is 21.6 Å². The van der Waals surface area contributed by atoms with E-state index in [1.54, 1.807) is 12.1 Å². The van der Waals surface area contributed by atoms with Crippen LogP contribution in [0.25, 0.3) is 10.8 Å². The Balaban J connectivity index is 2.09. The maximum atomic E-state index is 13.5. The van der Waals surface area contributed by atoms with Crippen molar-refractivity contribution in [1.29, 1.82) is 0 Å². The standard InChI is InChI=1S/C16H10ClFN2O3/c17-9-2-3-10-11(7-9)15(21)20-19-14(10)6-8-1-4-13(18)12(5-8)16(22)23/h1-5,7H,6H2,(H,20,21)(H,22,23). The fourth-order valence-corrected chi connectivity index (χ4v) is 2.54. The Hall–Kier alpha value is -2.73. The van der Waals surface area contributed by atoms with Crippen LogP contribution in [-0.4, -0.2) is 21.3 Å². The Kier molecular flexibility index (Phi) is 3.83. The molecule has 116 valence electrons. The van der Waals surface area contributed by atoms with Gasteiger partial charge in [0.25, 0.3) is 5.56 Å². The number of H-pyrrole nitrogens is 1. The van der Waals surface area contributed by atoms with Crippen LogP contribution in [0.2, 0.25) is 5.02 Å². The maximum Gasteiger partial charge on any atom is 0.338 e. The molecule has 0 aliphatic carbocycles. The van der Waals surface area contributed by atoms with Crippen molar-refractivity contribution in [2.75, 3.05) is 0 Å². The van der Waals surface area contributed by atoms with Crippen molar-refractivity contribution in [3.05, 3.63) is 74.4 Å². The summed E-state index contributed by atoms with van der Waals surface area (Å²) < 4.78 is 13.5. The number of carboxylic acid groups (broad SMARTS) is 1. The number of halogens is 2. The normalized spacial score (nSPS) is 10.9. The SMILES string of the molecule is O=C(O)c1cc(Cc2n[nH]c(=O)c3cc(Cl)ccc23)ccc1F. The van der Waals surface area contributed by atoms with Crippen molar-refractivity contribution in [2.24, 2.45) is 0 Å². The van der Waals surface area contributed by atoms with Crippen molar-refractivity contribution in [3.63, 3.8) is 0 Å². The molecule has 0 atom stereocenters. The molecule has 0 fully saturated rings. The number of hydrogen-bond acceptors (Lipinski definition) is 3. The molecule has 0 saturated carbocycles. The van der Waals surface area contributed by atoms with Crippen LogP contribution in [0.4, 0.5) is 4.39 Å². The number of hydrogen-bond donors (Lipinski definition) is 2. The average Bonchev–Trinajstić information content (AvgIpc) is 2.52. The van der Waals surface area contributed by atoms with Gasteiger partial charge in [0.15, 0.2) is 0 Å². The Bertz CT molecular complexity index is 985. The summed E-state index contributed by atoms with van der Waals surface area (Å²) in [6.45, 7) is 0. The zero-order valence-corrected chi connectivity index (χ0v) is 12.4. The maximum absolute atomic E-state index is 13.5. The summed E-state index contributed by atoms with van der Waals surface area (Å²) in [4.78, 5) is 22.8. The summed E-state index contributed by atoms with van der Waals surface area (Å²) >= 11 is 5.90. The first-order valence-corrected chi connectivity index (χ1v) is 7.02. The first-order valence-electron chi connectivity index (χ1n) is 6.64. The molecule has 3 aromatic rings. The van der Waals surface area contributed by atoms with Gasteiger partial charge in [-0.1, -0.05) is 23.7 Å². The Labute approximate surface area is 134 Å². The Morgan fingerprint density at radius 3 is 2.74 bits per heavy atom. The summed E-state index contributed by atoms with van der Waals surface area (Å²) in [6, 6.07) is 8.69. The molecule has 3 rings (SSSR count). The lowest BCUT2D eigenvalue weighted by atomic mass is 10.0. The molecule has 0 amide bonds. The molecule has 2 N–H and O–H groups in total. The largest absolute Gasteiger partial charge is 0.478 e. The van der Waals surface area contributed by atoms with Gasteiger partial charge in [-0.3, -0.25) is 4.79 Å². The van der Waals surface area contributed by atoms with Gasteiger partial charge >= 0.3 is 5.97 Å². The number of benzene rings is 2. The van der Waals surface area contributed by atoms with Crippen molar-refractivity contribution in [3.8, 4) is 0 Å². The first-order chi connectivity index (χ1) is 11.0. The number of carboxylic acids is 1. The van der Waals surface area contributed by atoms with Gasteiger partial charge in [0.1, 0.15) is 5.82 Å². The molecule has 0 unspecified atom stereocenters. The number of aromatic carboxylic acids is 1. The third-order valence-electron chi connectivity index (χ3n) is 3.46. The van der Waals surface area contributed by atoms with Gasteiger partial charge in [0, 0.05) is 16.8 Å². The fourth-order valence-electron chi connectivity index (χ4n) is 2.37. The van der Waals surface area contributed by atoms with E-state index in [-0.39, 0.29) is 12.0 Å². The lowest BCUT2D eigenvalue weighted by Gasteiger charge is -2.07. The van der Waals surface area contributed by atoms with Crippen molar-refractivity contribution >= 4 is 28.3 Å². The molecule has 0 aliphatic rings. The van der Waals surface area contributed by atoms with Crippen molar-refractivity contribution < 1.29 is 14.3 Å². The molecule has 0 spiro atoms. The van der Waals surface area contributed by atoms with E-state index in [0.29, 0.717) is 27.1 Å². The average molecular weight is 333 g/mol. The third kappa shape index (κ3) is 2.93.